The number of amides is 1. The summed E-state index contributed by atoms with van der Waals surface area (Å²) in [5.74, 6) is -0.204. The summed E-state index contributed by atoms with van der Waals surface area (Å²) in [5.41, 5.74) is 5.26. The fourth-order valence-electron chi connectivity index (χ4n) is 1.73. The number of hydrazone groups is 1. The Labute approximate surface area is 125 Å². The number of rotatable bonds is 4. The summed E-state index contributed by atoms with van der Waals surface area (Å²) in [7, 11) is 0. The van der Waals surface area contributed by atoms with Gasteiger partial charge in [-0.2, -0.15) is 10.2 Å². The van der Waals surface area contributed by atoms with Crippen LogP contribution in [-0.4, -0.2) is 21.9 Å². The third-order valence-corrected chi connectivity index (χ3v) is 3.20. The van der Waals surface area contributed by atoms with Crippen LogP contribution in [0.15, 0.2) is 39.9 Å². The summed E-state index contributed by atoms with van der Waals surface area (Å²) in [4.78, 5) is 11.7. The average Bonchev–Trinajstić information content (AvgIpc) is 2.70. The van der Waals surface area contributed by atoms with Gasteiger partial charge in [-0.1, -0.05) is 28.1 Å². The lowest BCUT2D eigenvalue weighted by Crippen LogP contribution is -2.24. The van der Waals surface area contributed by atoms with Crippen molar-refractivity contribution in [2.75, 3.05) is 0 Å². The number of carbonyl (C=O) groups is 1. The zero-order valence-corrected chi connectivity index (χ0v) is 12.9. The van der Waals surface area contributed by atoms with E-state index in [9.17, 15) is 4.79 Å². The van der Waals surface area contributed by atoms with E-state index in [4.69, 9.17) is 0 Å². The molecule has 1 N–H and O–H groups in total. The molecule has 5 nitrogen and oxygen atoms in total. The Bertz CT molecular complexity index is 631. The van der Waals surface area contributed by atoms with Crippen molar-refractivity contribution in [3.8, 4) is 0 Å². The molecule has 0 spiro atoms. The number of benzene rings is 1. The molecular weight excluding hydrogens is 320 g/mol. The van der Waals surface area contributed by atoms with Crippen LogP contribution in [0, 0.1) is 13.8 Å². The highest BCUT2D eigenvalue weighted by Crippen LogP contribution is 2.08. The third kappa shape index (κ3) is 4.03. The maximum absolute atomic E-state index is 11.7. The van der Waals surface area contributed by atoms with Crippen molar-refractivity contribution in [3.05, 3.63) is 51.8 Å². The van der Waals surface area contributed by atoms with Crippen LogP contribution >= 0.6 is 15.9 Å². The Morgan fingerprint density at radius 3 is 2.70 bits per heavy atom. The lowest BCUT2D eigenvalue weighted by Gasteiger charge is -2.02. The Kier molecular flexibility index (Phi) is 4.68. The summed E-state index contributed by atoms with van der Waals surface area (Å²) in [6, 6.07) is 9.57. The lowest BCUT2D eigenvalue weighted by molar-refractivity contribution is -0.121. The smallest absolute Gasteiger partial charge is 0.261 e. The highest BCUT2D eigenvalue weighted by molar-refractivity contribution is 9.10. The standard InChI is InChI=1S/C14H15BrN4O/c1-10-7-11(2)19(18-10)9-14(20)17-16-8-12-3-5-13(15)6-4-12/h3-8H,9H2,1-2H3,(H,17,20)/b16-8+. The van der Waals surface area contributed by atoms with Crippen LogP contribution in [-0.2, 0) is 11.3 Å². The summed E-state index contributed by atoms with van der Waals surface area (Å²) in [5, 5.41) is 8.15. The molecule has 1 aromatic heterocycles. The molecular formula is C14H15BrN4O. The fourth-order valence-corrected chi connectivity index (χ4v) is 2.00. The Hall–Kier alpha value is -1.95. The van der Waals surface area contributed by atoms with Crippen molar-refractivity contribution in [2.24, 2.45) is 5.10 Å². The molecule has 0 aliphatic rings. The molecule has 0 unspecified atom stereocenters. The fraction of sp³-hybridized carbons (Fsp3) is 0.214. The molecule has 2 rings (SSSR count). The molecule has 0 saturated carbocycles. The van der Waals surface area contributed by atoms with Gasteiger partial charge in [0, 0.05) is 10.2 Å². The zero-order valence-electron chi connectivity index (χ0n) is 11.3. The SMILES string of the molecule is Cc1cc(C)n(CC(=O)N/N=C/c2ccc(Br)cc2)n1. The highest BCUT2D eigenvalue weighted by Gasteiger charge is 2.05. The normalized spacial score (nSPS) is 10.9. The van der Waals surface area contributed by atoms with E-state index in [1.54, 1.807) is 10.9 Å². The van der Waals surface area contributed by atoms with Crippen molar-refractivity contribution in [2.45, 2.75) is 20.4 Å². The Morgan fingerprint density at radius 2 is 2.10 bits per heavy atom. The summed E-state index contributed by atoms with van der Waals surface area (Å²) >= 11 is 3.36. The van der Waals surface area contributed by atoms with Crippen molar-refractivity contribution in [1.82, 2.24) is 15.2 Å². The van der Waals surface area contributed by atoms with Gasteiger partial charge in [0.15, 0.2) is 0 Å². The van der Waals surface area contributed by atoms with Crippen molar-refractivity contribution < 1.29 is 4.79 Å². The van der Waals surface area contributed by atoms with Gasteiger partial charge in [-0.25, -0.2) is 5.43 Å². The van der Waals surface area contributed by atoms with Crippen molar-refractivity contribution in [3.63, 3.8) is 0 Å². The zero-order chi connectivity index (χ0) is 14.5. The summed E-state index contributed by atoms with van der Waals surface area (Å²) < 4.78 is 2.66. The van der Waals surface area contributed by atoms with Crippen molar-refractivity contribution in [1.29, 1.82) is 0 Å². The predicted molar refractivity (Wildman–Crippen MR) is 81.6 cm³/mol. The van der Waals surface area contributed by atoms with Crippen LogP contribution in [0.4, 0.5) is 0 Å². The quantitative estimate of drug-likeness (QED) is 0.689. The molecule has 1 aromatic carbocycles. The number of nitrogens with zero attached hydrogens (tertiary/aromatic N) is 3. The van der Waals surface area contributed by atoms with E-state index in [0.29, 0.717) is 0 Å². The van der Waals surface area contributed by atoms with Crippen LogP contribution in [0.3, 0.4) is 0 Å². The summed E-state index contributed by atoms with van der Waals surface area (Å²) in [6.45, 7) is 3.98. The monoisotopic (exact) mass is 334 g/mol. The van der Waals surface area contributed by atoms with Gasteiger partial charge in [-0.05, 0) is 37.6 Å². The molecule has 0 aliphatic carbocycles. The lowest BCUT2D eigenvalue weighted by atomic mass is 10.2. The molecule has 0 fully saturated rings. The minimum atomic E-state index is -0.204. The van der Waals surface area contributed by atoms with E-state index in [1.807, 2.05) is 44.2 Å². The van der Waals surface area contributed by atoms with E-state index >= 15 is 0 Å². The predicted octanol–water partition coefficient (Wildman–Crippen LogP) is 2.41. The van der Waals surface area contributed by atoms with E-state index in [1.165, 1.54) is 0 Å². The molecule has 104 valence electrons. The number of nitrogens with one attached hydrogen (secondary N) is 1. The van der Waals surface area contributed by atoms with E-state index in [2.05, 4.69) is 31.6 Å². The molecule has 6 heteroatoms. The number of aryl methyl sites for hydroxylation is 2. The van der Waals surface area contributed by atoms with Crippen LogP contribution in [0.1, 0.15) is 17.0 Å². The number of halogens is 1. The number of carbonyl (C=O) groups excluding carboxylic acids is 1. The maximum atomic E-state index is 11.7. The van der Waals surface area contributed by atoms with E-state index in [-0.39, 0.29) is 12.5 Å². The second-order valence-corrected chi connectivity index (χ2v) is 5.35. The average molecular weight is 335 g/mol. The number of hydrogen-bond acceptors (Lipinski definition) is 3. The van der Waals surface area contributed by atoms with Gasteiger partial charge in [0.05, 0.1) is 11.9 Å². The first-order valence-electron chi connectivity index (χ1n) is 6.13. The van der Waals surface area contributed by atoms with Gasteiger partial charge in [0.1, 0.15) is 6.54 Å². The molecule has 20 heavy (non-hydrogen) atoms. The van der Waals surface area contributed by atoms with Crippen LogP contribution in [0.25, 0.3) is 0 Å². The molecule has 0 saturated heterocycles. The Morgan fingerprint density at radius 1 is 1.40 bits per heavy atom. The first-order chi connectivity index (χ1) is 9.54. The number of hydrogen-bond donors (Lipinski definition) is 1. The molecule has 2 aromatic rings. The second kappa shape index (κ2) is 6.47. The van der Waals surface area contributed by atoms with E-state index < -0.39 is 0 Å². The van der Waals surface area contributed by atoms with Gasteiger partial charge in [0.2, 0.25) is 0 Å². The molecule has 0 bridgehead atoms. The molecule has 1 amide bonds. The minimum Gasteiger partial charge on any atom is -0.271 e. The third-order valence-electron chi connectivity index (χ3n) is 2.67. The molecule has 0 radical (unpaired) electrons. The first-order valence-corrected chi connectivity index (χ1v) is 6.92. The second-order valence-electron chi connectivity index (χ2n) is 4.43. The van der Waals surface area contributed by atoms with Gasteiger partial charge in [0.25, 0.3) is 5.91 Å². The Balaban J connectivity index is 1.89. The summed E-state index contributed by atoms with van der Waals surface area (Å²) in [6.07, 6.45) is 1.60. The largest absolute Gasteiger partial charge is 0.271 e. The minimum absolute atomic E-state index is 0.164. The van der Waals surface area contributed by atoms with Crippen LogP contribution in [0.5, 0.6) is 0 Å². The first kappa shape index (κ1) is 14.5. The van der Waals surface area contributed by atoms with Crippen LogP contribution < -0.4 is 5.43 Å². The van der Waals surface area contributed by atoms with Gasteiger partial charge in [-0.3, -0.25) is 9.48 Å². The number of aromatic nitrogens is 2. The van der Waals surface area contributed by atoms with Gasteiger partial charge >= 0.3 is 0 Å². The molecule has 1 heterocycles. The maximum Gasteiger partial charge on any atom is 0.261 e. The topological polar surface area (TPSA) is 59.3 Å². The van der Waals surface area contributed by atoms with Gasteiger partial charge in [-0.15, -0.1) is 0 Å². The highest BCUT2D eigenvalue weighted by atomic mass is 79.9. The van der Waals surface area contributed by atoms with E-state index in [0.717, 1.165) is 21.4 Å². The molecule has 0 atom stereocenters. The van der Waals surface area contributed by atoms with Gasteiger partial charge < -0.3 is 0 Å². The van der Waals surface area contributed by atoms with Crippen LogP contribution in [0.2, 0.25) is 0 Å². The van der Waals surface area contributed by atoms with Crippen molar-refractivity contribution >= 4 is 28.1 Å². The molecule has 0 aliphatic heterocycles.